The zero-order chi connectivity index (χ0) is 12.8. The largest absolute Gasteiger partial charge is 0.495 e. The molecule has 1 aromatic rings. The predicted octanol–water partition coefficient (Wildman–Crippen LogP) is 0.663. The molecule has 0 saturated carbocycles. The maximum absolute atomic E-state index is 11.2. The molecule has 0 bridgehead atoms. The lowest BCUT2D eigenvalue weighted by Gasteiger charge is -2.14. The molecule has 0 heterocycles. The fourth-order valence-electron chi connectivity index (χ4n) is 1.36. The van der Waals surface area contributed by atoms with Gasteiger partial charge in [-0.25, -0.2) is 0 Å². The van der Waals surface area contributed by atoms with E-state index in [-0.39, 0.29) is 18.9 Å². The van der Waals surface area contributed by atoms with E-state index < -0.39 is 6.10 Å². The third-order valence-electron chi connectivity index (χ3n) is 2.34. The smallest absolute Gasteiger partial charge is 0.159 e. The van der Waals surface area contributed by atoms with Gasteiger partial charge in [-0.05, 0) is 25.1 Å². The number of anilines is 1. The van der Waals surface area contributed by atoms with Crippen molar-refractivity contribution in [3.63, 3.8) is 0 Å². The number of carbonyl (C=O) groups excluding carboxylic acids is 1. The van der Waals surface area contributed by atoms with Gasteiger partial charge in [0, 0.05) is 12.1 Å². The Bertz CT molecular complexity index is 392. The van der Waals surface area contributed by atoms with Gasteiger partial charge < -0.3 is 20.3 Å². The Morgan fingerprint density at radius 3 is 2.76 bits per heavy atom. The summed E-state index contributed by atoms with van der Waals surface area (Å²) in [4.78, 5) is 11.2. The molecule has 5 nitrogen and oxygen atoms in total. The number of benzene rings is 1. The average Bonchev–Trinajstić information content (AvgIpc) is 2.35. The van der Waals surface area contributed by atoms with Gasteiger partial charge in [0.1, 0.15) is 5.75 Å². The van der Waals surface area contributed by atoms with E-state index >= 15 is 0 Å². The van der Waals surface area contributed by atoms with Crippen LogP contribution in [0.3, 0.4) is 0 Å². The third-order valence-corrected chi connectivity index (χ3v) is 2.34. The van der Waals surface area contributed by atoms with Crippen molar-refractivity contribution in [2.24, 2.45) is 0 Å². The van der Waals surface area contributed by atoms with Crippen LogP contribution in [0.5, 0.6) is 5.75 Å². The average molecular weight is 239 g/mol. The van der Waals surface area contributed by atoms with Gasteiger partial charge in [-0.2, -0.15) is 0 Å². The van der Waals surface area contributed by atoms with Gasteiger partial charge in [0.05, 0.1) is 25.5 Å². The van der Waals surface area contributed by atoms with Crippen LogP contribution in [0.2, 0.25) is 0 Å². The minimum atomic E-state index is -0.847. The summed E-state index contributed by atoms with van der Waals surface area (Å²) in [5.41, 5.74) is 1.18. The molecule has 1 rings (SSSR count). The van der Waals surface area contributed by atoms with E-state index in [1.807, 2.05) is 0 Å². The topological polar surface area (TPSA) is 78.8 Å². The quantitative estimate of drug-likeness (QED) is 0.636. The Morgan fingerprint density at radius 1 is 1.53 bits per heavy atom. The van der Waals surface area contributed by atoms with E-state index in [1.165, 1.54) is 14.0 Å². The molecule has 1 unspecified atom stereocenters. The van der Waals surface area contributed by atoms with Crippen molar-refractivity contribution in [2.45, 2.75) is 13.0 Å². The summed E-state index contributed by atoms with van der Waals surface area (Å²) in [5.74, 6) is 0.540. The molecule has 0 saturated heterocycles. The highest BCUT2D eigenvalue weighted by Crippen LogP contribution is 2.25. The minimum Gasteiger partial charge on any atom is -0.495 e. The Labute approximate surface area is 100 Å². The zero-order valence-corrected chi connectivity index (χ0v) is 9.93. The lowest BCUT2D eigenvalue weighted by Crippen LogP contribution is -2.23. The fourth-order valence-corrected chi connectivity index (χ4v) is 1.36. The number of Topliss-reactive ketones (excluding diaryl/α,β-unsaturated/α-hetero) is 1. The highest BCUT2D eigenvalue weighted by atomic mass is 16.5. The molecule has 0 spiro atoms. The second kappa shape index (κ2) is 6.22. The number of hydrogen-bond donors (Lipinski definition) is 3. The SMILES string of the molecule is COc1ccc(C(C)=O)cc1NCC(O)CO. The zero-order valence-electron chi connectivity index (χ0n) is 9.93. The number of aliphatic hydroxyl groups excluding tert-OH is 2. The molecule has 17 heavy (non-hydrogen) atoms. The van der Waals surface area contributed by atoms with E-state index in [0.717, 1.165) is 0 Å². The van der Waals surface area contributed by atoms with Crippen molar-refractivity contribution >= 4 is 11.5 Å². The van der Waals surface area contributed by atoms with E-state index in [1.54, 1.807) is 18.2 Å². The van der Waals surface area contributed by atoms with Crippen LogP contribution >= 0.6 is 0 Å². The van der Waals surface area contributed by atoms with Crippen LogP contribution in [-0.2, 0) is 0 Å². The molecule has 5 heteroatoms. The molecular formula is C12H17NO4. The van der Waals surface area contributed by atoms with Gasteiger partial charge in [0.25, 0.3) is 0 Å². The van der Waals surface area contributed by atoms with E-state index in [2.05, 4.69) is 5.32 Å². The fraction of sp³-hybridized carbons (Fsp3) is 0.417. The first kappa shape index (κ1) is 13.5. The maximum atomic E-state index is 11.2. The van der Waals surface area contributed by atoms with E-state index in [4.69, 9.17) is 9.84 Å². The summed E-state index contributed by atoms with van der Waals surface area (Å²) in [5, 5.41) is 20.9. The van der Waals surface area contributed by atoms with E-state index in [9.17, 15) is 9.90 Å². The van der Waals surface area contributed by atoms with Crippen molar-refractivity contribution in [2.75, 3.05) is 25.6 Å². The molecule has 0 aromatic heterocycles. The van der Waals surface area contributed by atoms with Crippen LogP contribution in [0.4, 0.5) is 5.69 Å². The number of hydrogen-bond acceptors (Lipinski definition) is 5. The Balaban J connectivity index is 2.86. The number of carbonyl (C=O) groups is 1. The van der Waals surface area contributed by atoms with Gasteiger partial charge in [-0.3, -0.25) is 4.79 Å². The highest BCUT2D eigenvalue weighted by Gasteiger charge is 2.08. The normalized spacial score (nSPS) is 12.0. The first-order chi connectivity index (χ1) is 8.08. The van der Waals surface area contributed by atoms with Crippen LogP contribution in [0, 0.1) is 0 Å². The van der Waals surface area contributed by atoms with Crippen LogP contribution < -0.4 is 10.1 Å². The Hall–Kier alpha value is -1.59. The van der Waals surface area contributed by atoms with Crippen LogP contribution in [0.25, 0.3) is 0 Å². The monoisotopic (exact) mass is 239 g/mol. The maximum Gasteiger partial charge on any atom is 0.159 e. The van der Waals surface area contributed by atoms with Gasteiger partial charge >= 0.3 is 0 Å². The summed E-state index contributed by atoms with van der Waals surface area (Å²) in [7, 11) is 1.52. The highest BCUT2D eigenvalue weighted by molar-refractivity contribution is 5.95. The summed E-state index contributed by atoms with van der Waals surface area (Å²) in [6.07, 6.45) is -0.847. The second-order valence-electron chi connectivity index (χ2n) is 3.69. The number of ether oxygens (including phenoxy) is 1. The predicted molar refractivity (Wildman–Crippen MR) is 64.6 cm³/mol. The van der Waals surface area contributed by atoms with Crippen LogP contribution in [0.1, 0.15) is 17.3 Å². The van der Waals surface area contributed by atoms with Crippen LogP contribution in [-0.4, -0.2) is 42.4 Å². The molecule has 0 radical (unpaired) electrons. The lowest BCUT2D eigenvalue weighted by atomic mass is 10.1. The van der Waals surface area contributed by atoms with Gasteiger partial charge in [0.15, 0.2) is 5.78 Å². The second-order valence-corrected chi connectivity index (χ2v) is 3.69. The van der Waals surface area contributed by atoms with Gasteiger partial charge in [-0.1, -0.05) is 0 Å². The van der Waals surface area contributed by atoms with Gasteiger partial charge in [-0.15, -0.1) is 0 Å². The lowest BCUT2D eigenvalue weighted by molar-refractivity contribution is 0.101. The summed E-state index contributed by atoms with van der Waals surface area (Å²) in [6, 6.07) is 5.02. The third kappa shape index (κ3) is 3.72. The molecular weight excluding hydrogens is 222 g/mol. The standard InChI is InChI=1S/C12H17NO4/c1-8(15)9-3-4-12(17-2)11(5-9)13-6-10(16)7-14/h3-5,10,13-14,16H,6-7H2,1-2H3. The molecule has 1 aromatic carbocycles. The first-order valence-electron chi connectivity index (χ1n) is 5.30. The van der Waals surface area contributed by atoms with E-state index in [0.29, 0.717) is 17.0 Å². The summed E-state index contributed by atoms with van der Waals surface area (Å²) < 4.78 is 5.13. The molecule has 94 valence electrons. The Kier molecular flexibility index (Phi) is 4.93. The van der Waals surface area contributed by atoms with Crippen molar-refractivity contribution in [1.29, 1.82) is 0 Å². The van der Waals surface area contributed by atoms with Crippen LogP contribution in [0.15, 0.2) is 18.2 Å². The number of methoxy groups -OCH3 is 1. The molecule has 0 fully saturated rings. The number of aliphatic hydroxyl groups is 2. The van der Waals surface area contributed by atoms with Crippen molar-refractivity contribution in [3.05, 3.63) is 23.8 Å². The summed E-state index contributed by atoms with van der Waals surface area (Å²) >= 11 is 0. The molecule has 1 atom stereocenters. The molecule has 0 amide bonds. The van der Waals surface area contributed by atoms with Gasteiger partial charge in [0.2, 0.25) is 0 Å². The number of nitrogens with one attached hydrogen (secondary N) is 1. The Morgan fingerprint density at radius 2 is 2.24 bits per heavy atom. The van der Waals surface area contributed by atoms with Crippen molar-refractivity contribution in [1.82, 2.24) is 0 Å². The molecule has 3 N–H and O–H groups in total. The van der Waals surface area contributed by atoms with Crippen molar-refractivity contribution in [3.8, 4) is 5.75 Å². The number of rotatable bonds is 6. The first-order valence-corrected chi connectivity index (χ1v) is 5.30. The summed E-state index contributed by atoms with van der Waals surface area (Å²) in [6.45, 7) is 1.35. The number of ketones is 1. The molecule has 0 aliphatic heterocycles. The van der Waals surface area contributed by atoms with Crippen molar-refractivity contribution < 1.29 is 19.7 Å². The molecule has 0 aliphatic carbocycles. The molecule has 0 aliphatic rings. The minimum absolute atomic E-state index is 0.0431.